The van der Waals surface area contributed by atoms with Crippen molar-refractivity contribution in [3.05, 3.63) is 58.6 Å². The Labute approximate surface area is 135 Å². The highest BCUT2D eigenvalue weighted by Gasteiger charge is 1.98. The van der Waals surface area contributed by atoms with Crippen molar-refractivity contribution in [1.29, 1.82) is 0 Å². The highest BCUT2D eigenvalue weighted by Crippen LogP contribution is 2.20. The SMILES string of the molecule is CCCCc1ccc(OCCNc2ccccc2Br)cc1. The van der Waals surface area contributed by atoms with Crippen LogP contribution in [0.2, 0.25) is 0 Å². The predicted molar refractivity (Wildman–Crippen MR) is 93.2 cm³/mol. The lowest BCUT2D eigenvalue weighted by molar-refractivity contribution is 0.333. The van der Waals surface area contributed by atoms with Crippen molar-refractivity contribution in [3.8, 4) is 5.75 Å². The Hall–Kier alpha value is -1.48. The number of unbranched alkanes of at least 4 members (excludes halogenated alkanes) is 1. The second-order valence-electron chi connectivity index (χ2n) is 5.00. The van der Waals surface area contributed by atoms with Gasteiger partial charge in [0.15, 0.2) is 0 Å². The van der Waals surface area contributed by atoms with Gasteiger partial charge < -0.3 is 10.1 Å². The van der Waals surface area contributed by atoms with Crippen molar-refractivity contribution >= 4 is 21.6 Å². The summed E-state index contributed by atoms with van der Waals surface area (Å²) in [5.41, 5.74) is 2.48. The second kappa shape index (κ2) is 8.73. The summed E-state index contributed by atoms with van der Waals surface area (Å²) in [5.74, 6) is 0.934. The van der Waals surface area contributed by atoms with Gasteiger partial charge in [-0.3, -0.25) is 0 Å². The van der Waals surface area contributed by atoms with Crippen LogP contribution in [0.25, 0.3) is 0 Å². The second-order valence-corrected chi connectivity index (χ2v) is 5.86. The molecule has 2 nitrogen and oxygen atoms in total. The van der Waals surface area contributed by atoms with Gasteiger partial charge in [0.05, 0.1) is 0 Å². The fraction of sp³-hybridized carbons (Fsp3) is 0.333. The molecule has 0 spiro atoms. The van der Waals surface area contributed by atoms with E-state index in [9.17, 15) is 0 Å². The monoisotopic (exact) mass is 347 g/mol. The lowest BCUT2D eigenvalue weighted by atomic mass is 10.1. The molecule has 3 heteroatoms. The number of aryl methyl sites for hydroxylation is 1. The number of hydrogen-bond acceptors (Lipinski definition) is 2. The predicted octanol–water partition coefficient (Wildman–Crippen LogP) is 5.28. The van der Waals surface area contributed by atoms with Gasteiger partial charge in [-0.05, 0) is 58.6 Å². The first kappa shape index (κ1) is 15.9. The molecule has 0 heterocycles. The molecule has 2 aromatic carbocycles. The van der Waals surface area contributed by atoms with Crippen LogP contribution in [0.4, 0.5) is 5.69 Å². The van der Waals surface area contributed by atoms with Gasteiger partial charge in [0, 0.05) is 16.7 Å². The van der Waals surface area contributed by atoms with E-state index in [1.54, 1.807) is 0 Å². The average molecular weight is 348 g/mol. The number of rotatable bonds is 8. The van der Waals surface area contributed by atoms with Gasteiger partial charge in [-0.25, -0.2) is 0 Å². The summed E-state index contributed by atoms with van der Waals surface area (Å²) in [6.07, 6.45) is 3.63. The number of hydrogen-bond donors (Lipinski definition) is 1. The summed E-state index contributed by atoms with van der Waals surface area (Å²) in [4.78, 5) is 0. The van der Waals surface area contributed by atoms with E-state index in [1.807, 2.05) is 24.3 Å². The average Bonchev–Trinajstić information content (AvgIpc) is 2.52. The Balaban J connectivity index is 1.72. The molecule has 0 aliphatic heterocycles. The van der Waals surface area contributed by atoms with Crippen LogP contribution in [0.3, 0.4) is 0 Å². The minimum Gasteiger partial charge on any atom is -0.492 e. The zero-order valence-electron chi connectivity index (χ0n) is 12.4. The van der Waals surface area contributed by atoms with E-state index in [0.29, 0.717) is 6.61 Å². The first-order valence-electron chi connectivity index (χ1n) is 7.49. The molecule has 0 aliphatic rings. The van der Waals surface area contributed by atoms with E-state index >= 15 is 0 Å². The molecule has 0 aromatic heterocycles. The van der Waals surface area contributed by atoms with Gasteiger partial charge in [0.25, 0.3) is 0 Å². The molecule has 0 saturated carbocycles. The molecule has 0 radical (unpaired) electrons. The van der Waals surface area contributed by atoms with Gasteiger partial charge in [-0.2, -0.15) is 0 Å². The van der Waals surface area contributed by atoms with Crippen LogP contribution in [0, 0.1) is 0 Å². The van der Waals surface area contributed by atoms with E-state index < -0.39 is 0 Å². The maximum Gasteiger partial charge on any atom is 0.119 e. The molecule has 0 fully saturated rings. The van der Waals surface area contributed by atoms with Crippen LogP contribution < -0.4 is 10.1 Å². The molecular weight excluding hydrogens is 326 g/mol. The smallest absolute Gasteiger partial charge is 0.119 e. The summed E-state index contributed by atoms with van der Waals surface area (Å²) in [6.45, 7) is 3.64. The highest BCUT2D eigenvalue weighted by molar-refractivity contribution is 9.10. The van der Waals surface area contributed by atoms with Gasteiger partial charge in [-0.15, -0.1) is 0 Å². The van der Waals surface area contributed by atoms with Crippen molar-refractivity contribution in [1.82, 2.24) is 0 Å². The summed E-state index contributed by atoms with van der Waals surface area (Å²) in [7, 11) is 0. The molecule has 0 amide bonds. The summed E-state index contributed by atoms with van der Waals surface area (Å²) in [6, 6.07) is 16.5. The number of benzene rings is 2. The van der Waals surface area contributed by atoms with Crippen LogP contribution >= 0.6 is 15.9 Å². The quantitative estimate of drug-likeness (QED) is 0.655. The molecule has 1 N–H and O–H groups in total. The lowest BCUT2D eigenvalue weighted by Crippen LogP contribution is -2.11. The first-order valence-corrected chi connectivity index (χ1v) is 8.29. The molecule has 112 valence electrons. The third-order valence-electron chi connectivity index (χ3n) is 3.30. The summed E-state index contributed by atoms with van der Waals surface area (Å²) in [5, 5.41) is 3.35. The zero-order valence-corrected chi connectivity index (χ0v) is 14.0. The molecule has 2 rings (SSSR count). The standard InChI is InChI=1S/C18H22BrNO/c1-2-3-6-15-9-11-16(12-10-15)21-14-13-20-18-8-5-4-7-17(18)19/h4-5,7-12,20H,2-3,6,13-14H2,1H3. The van der Waals surface area contributed by atoms with E-state index in [-0.39, 0.29) is 0 Å². The fourth-order valence-electron chi connectivity index (χ4n) is 2.09. The van der Waals surface area contributed by atoms with Crippen molar-refractivity contribution in [3.63, 3.8) is 0 Å². The molecule has 0 aliphatic carbocycles. The maximum absolute atomic E-state index is 5.75. The van der Waals surface area contributed by atoms with Gasteiger partial charge in [-0.1, -0.05) is 37.6 Å². The Morgan fingerprint density at radius 1 is 1.05 bits per heavy atom. The van der Waals surface area contributed by atoms with E-state index in [1.165, 1.54) is 18.4 Å². The van der Waals surface area contributed by atoms with Crippen LogP contribution in [0.5, 0.6) is 5.75 Å². The van der Waals surface area contributed by atoms with Crippen LogP contribution in [0.1, 0.15) is 25.3 Å². The normalized spacial score (nSPS) is 10.4. The molecule has 0 unspecified atom stereocenters. The van der Waals surface area contributed by atoms with Crippen LogP contribution in [0.15, 0.2) is 53.0 Å². The Kier molecular flexibility index (Phi) is 6.61. The Bertz CT molecular complexity index is 539. The molecule has 0 saturated heterocycles. The van der Waals surface area contributed by atoms with E-state index in [4.69, 9.17) is 4.74 Å². The molecule has 0 atom stereocenters. The van der Waals surface area contributed by atoms with Gasteiger partial charge in [0.2, 0.25) is 0 Å². The van der Waals surface area contributed by atoms with E-state index in [0.717, 1.165) is 28.9 Å². The lowest BCUT2D eigenvalue weighted by Gasteiger charge is -2.10. The summed E-state index contributed by atoms with van der Waals surface area (Å²) < 4.78 is 6.82. The third kappa shape index (κ3) is 5.43. The van der Waals surface area contributed by atoms with Crippen molar-refractivity contribution in [2.45, 2.75) is 26.2 Å². The van der Waals surface area contributed by atoms with Gasteiger partial charge >= 0.3 is 0 Å². The Morgan fingerprint density at radius 3 is 2.52 bits per heavy atom. The number of para-hydroxylation sites is 1. The topological polar surface area (TPSA) is 21.3 Å². The summed E-state index contributed by atoms with van der Waals surface area (Å²) >= 11 is 3.52. The third-order valence-corrected chi connectivity index (χ3v) is 3.99. The highest BCUT2D eigenvalue weighted by atomic mass is 79.9. The molecule has 21 heavy (non-hydrogen) atoms. The van der Waals surface area contributed by atoms with Gasteiger partial charge in [0.1, 0.15) is 12.4 Å². The number of anilines is 1. The first-order chi connectivity index (χ1) is 10.3. The number of nitrogens with one attached hydrogen (secondary N) is 1. The number of halogens is 1. The minimum atomic E-state index is 0.648. The molecular formula is C18H22BrNO. The fourth-order valence-corrected chi connectivity index (χ4v) is 2.52. The number of ether oxygens (including phenoxy) is 1. The largest absolute Gasteiger partial charge is 0.492 e. The Morgan fingerprint density at radius 2 is 1.81 bits per heavy atom. The molecule has 0 bridgehead atoms. The van der Waals surface area contributed by atoms with Crippen LogP contribution in [-0.2, 0) is 6.42 Å². The zero-order chi connectivity index (χ0) is 14.9. The van der Waals surface area contributed by atoms with E-state index in [2.05, 4.69) is 52.4 Å². The van der Waals surface area contributed by atoms with Crippen LogP contribution in [-0.4, -0.2) is 13.2 Å². The maximum atomic E-state index is 5.75. The van der Waals surface area contributed by atoms with Crippen molar-refractivity contribution in [2.24, 2.45) is 0 Å². The molecule has 2 aromatic rings. The van der Waals surface area contributed by atoms with Crippen molar-refractivity contribution in [2.75, 3.05) is 18.5 Å². The van der Waals surface area contributed by atoms with Crippen molar-refractivity contribution < 1.29 is 4.74 Å². The minimum absolute atomic E-state index is 0.648.